The minimum absolute atomic E-state index is 0.0814. The number of nitrogens with two attached hydrogens (primary N) is 1. The zero-order chi connectivity index (χ0) is 15.4. The Morgan fingerprint density at radius 3 is 2.81 bits per heavy atom. The van der Waals surface area contributed by atoms with Crippen LogP contribution in [0.2, 0.25) is 0 Å². The van der Waals surface area contributed by atoms with Crippen molar-refractivity contribution < 1.29 is 9.13 Å². The minimum Gasteiger partial charge on any atom is -0.480 e. The van der Waals surface area contributed by atoms with E-state index < -0.39 is 0 Å². The topological polar surface area (TPSA) is 76.9 Å². The van der Waals surface area contributed by atoms with Crippen molar-refractivity contribution in [3.8, 4) is 0 Å². The molecule has 0 unspecified atom stereocenters. The SMILES string of the molecule is C/C=C\c1c(C(=N)OC)nn(Cc2ccccc2F)c1N. The highest BCUT2D eigenvalue weighted by atomic mass is 19.1. The van der Waals surface area contributed by atoms with E-state index in [2.05, 4.69) is 5.10 Å². The van der Waals surface area contributed by atoms with Crippen LogP contribution in [0, 0.1) is 11.2 Å². The van der Waals surface area contributed by atoms with E-state index in [1.165, 1.54) is 17.9 Å². The fourth-order valence-electron chi connectivity index (χ4n) is 1.99. The Balaban J connectivity index is 2.46. The molecule has 0 bridgehead atoms. The molecule has 0 amide bonds. The first kappa shape index (κ1) is 14.8. The molecule has 1 aromatic carbocycles. The minimum atomic E-state index is -0.316. The summed E-state index contributed by atoms with van der Waals surface area (Å²) in [6.45, 7) is 2.04. The Hall–Kier alpha value is -2.63. The van der Waals surface area contributed by atoms with Gasteiger partial charge in [0.25, 0.3) is 0 Å². The van der Waals surface area contributed by atoms with Crippen LogP contribution in [0.3, 0.4) is 0 Å². The van der Waals surface area contributed by atoms with Crippen molar-refractivity contribution in [2.24, 2.45) is 0 Å². The summed E-state index contributed by atoms with van der Waals surface area (Å²) in [5, 5.41) is 12.0. The molecule has 5 nitrogen and oxygen atoms in total. The first-order chi connectivity index (χ1) is 10.1. The number of rotatable bonds is 4. The van der Waals surface area contributed by atoms with Gasteiger partial charge in [-0.1, -0.05) is 30.4 Å². The molecule has 6 heteroatoms. The van der Waals surface area contributed by atoms with E-state index in [0.717, 1.165) is 0 Å². The molecule has 0 atom stereocenters. The van der Waals surface area contributed by atoms with Crippen molar-refractivity contribution in [3.05, 3.63) is 53.0 Å². The maximum absolute atomic E-state index is 13.7. The molecule has 0 fully saturated rings. The van der Waals surface area contributed by atoms with E-state index in [0.29, 0.717) is 22.6 Å². The molecule has 0 aliphatic carbocycles. The second kappa shape index (κ2) is 6.21. The zero-order valence-corrected chi connectivity index (χ0v) is 11.9. The van der Waals surface area contributed by atoms with E-state index in [9.17, 15) is 4.39 Å². The summed E-state index contributed by atoms with van der Waals surface area (Å²) < 4.78 is 20.1. The predicted molar refractivity (Wildman–Crippen MR) is 80.7 cm³/mol. The van der Waals surface area contributed by atoms with Gasteiger partial charge >= 0.3 is 0 Å². The third-order valence-corrected chi connectivity index (χ3v) is 3.06. The average molecular weight is 288 g/mol. The summed E-state index contributed by atoms with van der Waals surface area (Å²) in [6, 6.07) is 6.44. The van der Waals surface area contributed by atoms with Crippen LogP contribution in [0.25, 0.3) is 6.08 Å². The number of anilines is 1. The molecule has 21 heavy (non-hydrogen) atoms. The van der Waals surface area contributed by atoms with Gasteiger partial charge in [0, 0.05) is 11.1 Å². The molecule has 110 valence electrons. The Bertz CT molecular complexity index is 691. The summed E-state index contributed by atoms with van der Waals surface area (Å²) in [5.41, 5.74) is 7.47. The molecular formula is C15H17FN4O. The van der Waals surface area contributed by atoms with Crippen LogP contribution in [-0.4, -0.2) is 22.8 Å². The Labute approximate surface area is 122 Å². The van der Waals surface area contributed by atoms with Crippen LogP contribution in [0.1, 0.15) is 23.7 Å². The fraction of sp³-hybridized carbons (Fsp3) is 0.200. The van der Waals surface area contributed by atoms with Crippen molar-refractivity contribution in [3.63, 3.8) is 0 Å². The number of nitrogens with one attached hydrogen (secondary N) is 1. The quantitative estimate of drug-likeness (QED) is 0.670. The first-order valence-corrected chi connectivity index (χ1v) is 6.43. The molecule has 0 saturated carbocycles. The summed E-state index contributed by atoms with van der Waals surface area (Å²) in [4.78, 5) is 0. The molecular weight excluding hydrogens is 271 g/mol. The van der Waals surface area contributed by atoms with Gasteiger partial charge in [-0.25, -0.2) is 9.07 Å². The van der Waals surface area contributed by atoms with Crippen molar-refractivity contribution in [2.45, 2.75) is 13.5 Å². The molecule has 1 aromatic heterocycles. The van der Waals surface area contributed by atoms with Gasteiger partial charge in [-0.3, -0.25) is 5.41 Å². The molecule has 1 heterocycles. The third kappa shape index (κ3) is 2.94. The number of ether oxygens (including phenoxy) is 1. The number of aromatic nitrogens is 2. The second-order valence-electron chi connectivity index (χ2n) is 4.43. The Morgan fingerprint density at radius 2 is 2.19 bits per heavy atom. The van der Waals surface area contributed by atoms with Gasteiger partial charge in [-0.2, -0.15) is 5.10 Å². The zero-order valence-electron chi connectivity index (χ0n) is 11.9. The summed E-state index contributed by atoms with van der Waals surface area (Å²) in [7, 11) is 1.40. The lowest BCUT2D eigenvalue weighted by Crippen LogP contribution is -2.09. The molecule has 0 saturated heterocycles. The monoisotopic (exact) mass is 288 g/mol. The number of methoxy groups -OCH3 is 1. The molecule has 3 N–H and O–H groups in total. The maximum Gasteiger partial charge on any atom is 0.234 e. The second-order valence-corrected chi connectivity index (χ2v) is 4.43. The average Bonchev–Trinajstić information content (AvgIpc) is 2.78. The van der Waals surface area contributed by atoms with Crippen molar-refractivity contribution in [2.75, 3.05) is 12.8 Å². The number of nitrogen functional groups attached to an aromatic ring is 1. The lowest BCUT2D eigenvalue weighted by atomic mass is 10.2. The lowest BCUT2D eigenvalue weighted by molar-refractivity contribution is 0.398. The smallest absolute Gasteiger partial charge is 0.234 e. The van der Waals surface area contributed by atoms with Gasteiger partial charge in [-0.05, 0) is 13.0 Å². The number of hydrogen-bond acceptors (Lipinski definition) is 4. The number of nitrogens with zero attached hydrogens (tertiary/aromatic N) is 2. The van der Waals surface area contributed by atoms with Crippen molar-refractivity contribution >= 4 is 17.8 Å². The van der Waals surface area contributed by atoms with Crippen LogP contribution in [0.4, 0.5) is 10.2 Å². The van der Waals surface area contributed by atoms with E-state index in [1.54, 1.807) is 30.4 Å². The van der Waals surface area contributed by atoms with Crippen LogP contribution < -0.4 is 5.73 Å². The van der Waals surface area contributed by atoms with Gasteiger partial charge in [0.05, 0.1) is 13.7 Å². The highest BCUT2D eigenvalue weighted by Gasteiger charge is 2.18. The molecule has 0 aliphatic heterocycles. The van der Waals surface area contributed by atoms with Crippen molar-refractivity contribution in [1.82, 2.24) is 9.78 Å². The van der Waals surface area contributed by atoms with Crippen molar-refractivity contribution in [1.29, 1.82) is 5.41 Å². The van der Waals surface area contributed by atoms with Gasteiger partial charge in [0.2, 0.25) is 5.90 Å². The predicted octanol–water partition coefficient (Wildman–Crippen LogP) is 2.66. The fourth-order valence-corrected chi connectivity index (χ4v) is 1.99. The number of halogens is 1. The highest BCUT2D eigenvalue weighted by Crippen LogP contribution is 2.21. The standard InChI is InChI=1S/C15H17FN4O/c1-3-6-11-13(15(18)21-2)19-20(14(11)17)9-10-7-4-5-8-12(10)16/h3-8,18H,9,17H2,1-2H3/b6-3-,18-15?. The van der Waals surface area contributed by atoms with Gasteiger partial charge in [0.1, 0.15) is 11.6 Å². The van der Waals surface area contributed by atoms with Crippen LogP contribution in [0.5, 0.6) is 0 Å². The van der Waals surface area contributed by atoms with Gasteiger partial charge in [0.15, 0.2) is 5.69 Å². The van der Waals surface area contributed by atoms with Crippen LogP contribution in [0.15, 0.2) is 30.3 Å². The molecule has 0 spiro atoms. The van der Waals surface area contributed by atoms with E-state index >= 15 is 0 Å². The normalized spacial score (nSPS) is 11.0. The largest absolute Gasteiger partial charge is 0.480 e. The summed E-state index contributed by atoms with van der Waals surface area (Å²) in [6.07, 6.45) is 3.55. The molecule has 0 radical (unpaired) electrons. The van der Waals surface area contributed by atoms with E-state index in [4.69, 9.17) is 15.9 Å². The summed E-state index contributed by atoms with van der Waals surface area (Å²) in [5.74, 6) is -0.0291. The summed E-state index contributed by atoms with van der Waals surface area (Å²) >= 11 is 0. The Kier molecular flexibility index (Phi) is 4.37. The third-order valence-electron chi connectivity index (χ3n) is 3.06. The maximum atomic E-state index is 13.7. The Morgan fingerprint density at radius 1 is 1.48 bits per heavy atom. The van der Waals surface area contributed by atoms with Gasteiger partial charge in [-0.15, -0.1) is 0 Å². The molecule has 2 rings (SSSR count). The number of benzene rings is 1. The van der Waals surface area contributed by atoms with Crippen LogP contribution >= 0.6 is 0 Å². The van der Waals surface area contributed by atoms with E-state index in [-0.39, 0.29) is 18.3 Å². The lowest BCUT2D eigenvalue weighted by Gasteiger charge is -2.05. The number of hydrogen-bond donors (Lipinski definition) is 2. The number of allylic oxidation sites excluding steroid dienone is 1. The van der Waals surface area contributed by atoms with Gasteiger partial charge < -0.3 is 10.5 Å². The highest BCUT2D eigenvalue weighted by molar-refractivity contribution is 5.95. The molecule has 0 aliphatic rings. The van der Waals surface area contributed by atoms with E-state index in [1.807, 2.05) is 6.92 Å². The first-order valence-electron chi connectivity index (χ1n) is 6.43. The van der Waals surface area contributed by atoms with Crippen LogP contribution in [-0.2, 0) is 11.3 Å². The molecule has 2 aromatic rings.